The minimum absolute atomic E-state index is 0.410. The zero-order valence-electron chi connectivity index (χ0n) is 27.7. The summed E-state index contributed by atoms with van der Waals surface area (Å²) in [4.78, 5) is 9.51. The fourth-order valence-electron chi connectivity index (χ4n) is 9.04. The molecule has 2 aliphatic carbocycles. The van der Waals surface area contributed by atoms with Crippen LogP contribution >= 0.6 is 0 Å². The van der Waals surface area contributed by atoms with Crippen LogP contribution in [0.1, 0.15) is 22.3 Å². The van der Waals surface area contributed by atoms with Crippen molar-refractivity contribution in [1.82, 2.24) is 9.97 Å². The normalized spacial score (nSPS) is 13.3. The summed E-state index contributed by atoms with van der Waals surface area (Å²) in [5.41, 5.74) is 16.5. The monoisotopic (exact) mass is 646 g/mol. The van der Waals surface area contributed by atoms with Gasteiger partial charge in [-0.3, -0.25) is 4.98 Å². The van der Waals surface area contributed by atoms with Crippen molar-refractivity contribution in [2.45, 2.75) is 5.41 Å². The lowest BCUT2D eigenvalue weighted by Crippen LogP contribution is -2.26. The Morgan fingerprint density at radius 3 is 1.90 bits per heavy atom. The number of hydrogen-bond donors (Lipinski definition) is 0. The second-order valence-corrected chi connectivity index (χ2v) is 13.7. The van der Waals surface area contributed by atoms with Crippen LogP contribution in [0.2, 0.25) is 0 Å². The summed E-state index contributed by atoms with van der Waals surface area (Å²) in [5, 5.41) is 5.12. The van der Waals surface area contributed by atoms with E-state index in [-0.39, 0.29) is 0 Å². The van der Waals surface area contributed by atoms with Crippen LogP contribution in [-0.2, 0) is 5.41 Å². The molecular weight excluding hydrogens is 617 g/mol. The van der Waals surface area contributed by atoms with Gasteiger partial charge in [0.05, 0.1) is 22.5 Å². The number of pyridine rings is 2. The minimum atomic E-state index is -0.410. The molecule has 0 bridgehead atoms. The second kappa shape index (κ2) is 10.7. The Bertz CT molecular complexity index is 2820. The van der Waals surface area contributed by atoms with Gasteiger partial charge in [-0.2, -0.15) is 0 Å². The number of benzene rings is 7. The Hall–Kier alpha value is -6.64. The van der Waals surface area contributed by atoms with Crippen molar-refractivity contribution in [2.24, 2.45) is 0 Å². The molecule has 0 N–H and O–H groups in total. The van der Waals surface area contributed by atoms with Crippen molar-refractivity contribution >= 4 is 21.5 Å². The maximum Gasteiger partial charge on any atom is 0.0893 e. The molecule has 0 unspecified atom stereocenters. The molecule has 0 saturated heterocycles. The van der Waals surface area contributed by atoms with Gasteiger partial charge >= 0.3 is 0 Å². The molecule has 2 heteroatoms. The largest absolute Gasteiger partial charge is 0.255 e. The van der Waals surface area contributed by atoms with E-state index in [0.29, 0.717) is 0 Å². The molecule has 0 amide bonds. The summed E-state index contributed by atoms with van der Waals surface area (Å²) < 4.78 is 0. The summed E-state index contributed by atoms with van der Waals surface area (Å²) in [6, 6.07) is 64.3. The van der Waals surface area contributed by atoms with Crippen molar-refractivity contribution in [2.75, 3.05) is 0 Å². The summed E-state index contributed by atoms with van der Waals surface area (Å²) >= 11 is 0. The van der Waals surface area contributed by atoms with Gasteiger partial charge in [-0.1, -0.05) is 140 Å². The van der Waals surface area contributed by atoms with E-state index in [1.54, 1.807) is 0 Å². The van der Waals surface area contributed by atoms with E-state index in [2.05, 4.69) is 157 Å². The number of aromatic nitrogens is 2. The van der Waals surface area contributed by atoms with Crippen LogP contribution < -0.4 is 0 Å². The quantitative estimate of drug-likeness (QED) is 0.191. The van der Waals surface area contributed by atoms with Crippen molar-refractivity contribution in [1.29, 1.82) is 0 Å². The first-order valence-electron chi connectivity index (χ1n) is 17.6. The van der Waals surface area contributed by atoms with Gasteiger partial charge in [0, 0.05) is 11.8 Å². The molecule has 2 nitrogen and oxygen atoms in total. The minimum Gasteiger partial charge on any atom is -0.255 e. The Labute approximate surface area is 296 Å². The van der Waals surface area contributed by atoms with Crippen LogP contribution in [0.5, 0.6) is 0 Å². The summed E-state index contributed by atoms with van der Waals surface area (Å²) in [6.45, 7) is 0. The van der Waals surface area contributed by atoms with Crippen LogP contribution in [0.25, 0.3) is 77.6 Å². The molecule has 0 aliphatic heterocycles. The van der Waals surface area contributed by atoms with Crippen LogP contribution in [0.15, 0.2) is 182 Å². The first kappa shape index (κ1) is 28.2. The molecule has 2 aliphatic rings. The van der Waals surface area contributed by atoms with Crippen LogP contribution in [0, 0.1) is 0 Å². The maximum absolute atomic E-state index is 4.99. The smallest absolute Gasteiger partial charge is 0.0893 e. The standard InChI is InChI=1S/C49H30N2/c1-2-14-36-31(11-1)24-27-43-47(36)40-26-23-34-29-33(32-12-9-13-35(30-32)44-20-10-21-46(51-44)45-19-7-8-28-50-45)22-25-37(34)48(40)49(43)41-17-5-3-15-38(41)39-16-4-6-18-42(39)49/h1-30H. The van der Waals surface area contributed by atoms with Gasteiger partial charge in [-0.15, -0.1) is 0 Å². The third-order valence-corrected chi connectivity index (χ3v) is 11.1. The molecule has 2 aromatic heterocycles. The van der Waals surface area contributed by atoms with Gasteiger partial charge in [-0.25, -0.2) is 4.98 Å². The van der Waals surface area contributed by atoms with Crippen LogP contribution in [0.4, 0.5) is 0 Å². The lowest BCUT2D eigenvalue weighted by atomic mass is 9.69. The predicted octanol–water partition coefficient (Wildman–Crippen LogP) is 12.1. The first-order valence-corrected chi connectivity index (χ1v) is 17.6. The molecule has 7 aromatic carbocycles. The highest BCUT2D eigenvalue weighted by Gasteiger charge is 2.52. The number of fused-ring (bicyclic) bond motifs is 14. The Kier molecular flexibility index (Phi) is 5.91. The van der Waals surface area contributed by atoms with Crippen molar-refractivity contribution in [3.63, 3.8) is 0 Å². The van der Waals surface area contributed by atoms with E-state index in [4.69, 9.17) is 4.98 Å². The van der Waals surface area contributed by atoms with Crippen LogP contribution in [-0.4, -0.2) is 9.97 Å². The Morgan fingerprint density at radius 2 is 1.06 bits per heavy atom. The van der Waals surface area contributed by atoms with Gasteiger partial charge in [0.2, 0.25) is 0 Å². The Morgan fingerprint density at radius 1 is 0.373 bits per heavy atom. The molecule has 2 heterocycles. The third kappa shape index (κ3) is 3.93. The zero-order chi connectivity index (χ0) is 33.5. The molecule has 9 aromatic rings. The van der Waals surface area contributed by atoms with Crippen molar-refractivity contribution in [3.8, 4) is 56.0 Å². The van der Waals surface area contributed by atoms with Crippen molar-refractivity contribution in [3.05, 3.63) is 204 Å². The van der Waals surface area contributed by atoms with Gasteiger partial charge in [0.1, 0.15) is 0 Å². The maximum atomic E-state index is 4.99. The summed E-state index contributed by atoms with van der Waals surface area (Å²) in [7, 11) is 0. The predicted molar refractivity (Wildman–Crippen MR) is 210 cm³/mol. The van der Waals surface area contributed by atoms with E-state index < -0.39 is 5.41 Å². The summed E-state index contributed by atoms with van der Waals surface area (Å²) in [5.74, 6) is 0. The average Bonchev–Trinajstić information content (AvgIpc) is 3.69. The van der Waals surface area contributed by atoms with Gasteiger partial charge < -0.3 is 0 Å². The van der Waals surface area contributed by atoms with Crippen molar-refractivity contribution < 1.29 is 0 Å². The topological polar surface area (TPSA) is 25.8 Å². The highest BCUT2D eigenvalue weighted by Crippen LogP contribution is 2.65. The van der Waals surface area contributed by atoms with E-state index in [9.17, 15) is 0 Å². The van der Waals surface area contributed by atoms with E-state index in [0.717, 1.165) is 22.6 Å². The number of hydrogen-bond acceptors (Lipinski definition) is 2. The molecule has 0 radical (unpaired) electrons. The fraction of sp³-hybridized carbons (Fsp3) is 0.0204. The SMILES string of the molecule is c1ccc(-c2cccc(-c3cccc(-c4ccc5c6c(ccc5c4)-c4c(ccc5ccccc45)C64c5ccccc5-c5ccccc54)c3)n2)nc1. The van der Waals surface area contributed by atoms with Crippen LogP contribution in [0.3, 0.4) is 0 Å². The molecule has 11 rings (SSSR count). The van der Waals surface area contributed by atoms with E-state index in [1.807, 2.05) is 30.5 Å². The van der Waals surface area contributed by atoms with Gasteiger partial charge in [-0.05, 0) is 114 Å². The molecule has 1 spiro atoms. The second-order valence-electron chi connectivity index (χ2n) is 13.7. The lowest BCUT2D eigenvalue weighted by molar-refractivity contribution is 0.802. The zero-order valence-corrected chi connectivity index (χ0v) is 27.7. The first-order chi connectivity index (χ1) is 25.3. The third-order valence-electron chi connectivity index (χ3n) is 11.1. The van der Waals surface area contributed by atoms with Gasteiger partial charge in [0.25, 0.3) is 0 Å². The molecular formula is C49H30N2. The molecule has 0 atom stereocenters. The number of nitrogens with zero attached hydrogens (tertiary/aromatic N) is 2. The molecule has 236 valence electrons. The fourth-order valence-corrected chi connectivity index (χ4v) is 9.04. The number of rotatable bonds is 3. The Balaban J connectivity index is 1.12. The van der Waals surface area contributed by atoms with Gasteiger partial charge in [0.15, 0.2) is 0 Å². The lowest BCUT2D eigenvalue weighted by Gasteiger charge is -2.31. The average molecular weight is 647 g/mol. The highest BCUT2D eigenvalue weighted by atomic mass is 14.8. The van der Waals surface area contributed by atoms with E-state index >= 15 is 0 Å². The summed E-state index contributed by atoms with van der Waals surface area (Å²) in [6.07, 6.45) is 1.81. The molecule has 0 fully saturated rings. The molecule has 0 saturated carbocycles. The van der Waals surface area contributed by atoms with E-state index in [1.165, 1.54) is 77.2 Å². The molecule has 51 heavy (non-hydrogen) atoms. The highest BCUT2D eigenvalue weighted by molar-refractivity contribution is 6.11.